The molecular formula is C11H15NO3. The molecule has 0 bridgehead atoms. The van der Waals surface area contributed by atoms with Gasteiger partial charge < -0.3 is 5.11 Å². The van der Waals surface area contributed by atoms with Gasteiger partial charge in [0.2, 0.25) is 0 Å². The maximum atomic E-state index is 10.5. The number of aliphatic carboxylic acids is 1. The molecule has 1 aromatic rings. The first-order chi connectivity index (χ1) is 7.11. The van der Waals surface area contributed by atoms with E-state index in [0.29, 0.717) is 0 Å². The van der Waals surface area contributed by atoms with Gasteiger partial charge in [-0.05, 0) is 19.4 Å². The maximum absolute atomic E-state index is 10.5. The fourth-order valence-corrected chi connectivity index (χ4v) is 1.05. The van der Waals surface area contributed by atoms with E-state index < -0.39 is 12.0 Å². The fourth-order valence-electron chi connectivity index (χ4n) is 1.05. The largest absolute Gasteiger partial charge is 0.480 e. The van der Waals surface area contributed by atoms with Crippen LogP contribution in [0.3, 0.4) is 0 Å². The van der Waals surface area contributed by atoms with Crippen LogP contribution in [0, 0.1) is 0 Å². The van der Waals surface area contributed by atoms with Crippen LogP contribution in [0.4, 0.5) is 0 Å². The SMILES string of the molecule is CC(ON[C@@H](C)C(=O)O)c1ccccc1. The van der Waals surface area contributed by atoms with Gasteiger partial charge in [-0.15, -0.1) is 0 Å². The highest BCUT2D eigenvalue weighted by atomic mass is 16.7. The van der Waals surface area contributed by atoms with Crippen LogP contribution in [0.1, 0.15) is 25.5 Å². The summed E-state index contributed by atoms with van der Waals surface area (Å²) < 4.78 is 0. The lowest BCUT2D eigenvalue weighted by molar-refractivity contribution is -0.145. The molecule has 0 radical (unpaired) electrons. The first kappa shape index (κ1) is 11.7. The van der Waals surface area contributed by atoms with Crippen LogP contribution in [0.2, 0.25) is 0 Å². The third-order valence-corrected chi connectivity index (χ3v) is 2.06. The van der Waals surface area contributed by atoms with E-state index in [4.69, 9.17) is 9.94 Å². The molecule has 2 N–H and O–H groups in total. The highest BCUT2D eigenvalue weighted by Crippen LogP contribution is 2.14. The standard InChI is InChI=1S/C11H15NO3/c1-8(11(13)14)12-15-9(2)10-6-4-3-5-7-10/h3-9,12H,1-2H3,(H,13,14)/t8-,9?/m0/s1. The first-order valence-corrected chi connectivity index (χ1v) is 4.80. The van der Waals surface area contributed by atoms with Gasteiger partial charge in [-0.1, -0.05) is 30.3 Å². The molecular weight excluding hydrogens is 194 g/mol. The van der Waals surface area contributed by atoms with Crippen molar-refractivity contribution >= 4 is 5.97 Å². The molecule has 0 spiro atoms. The summed E-state index contributed by atoms with van der Waals surface area (Å²) in [5.74, 6) is -0.935. The third kappa shape index (κ3) is 3.69. The summed E-state index contributed by atoms with van der Waals surface area (Å²) in [4.78, 5) is 15.7. The van der Waals surface area contributed by atoms with E-state index in [9.17, 15) is 4.79 Å². The van der Waals surface area contributed by atoms with E-state index in [1.54, 1.807) is 0 Å². The van der Waals surface area contributed by atoms with Crippen molar-refractivity contribution in [3.8, 4) is 0 Å². The third-order valence-electron chi connectivity index (χ3n) is 2.06. The molecule has 82 valence electrons. The zero-order valence-corrected chi connectivity index (χ0v) is 8.81. The van der Waals surface area contributed by atoms with Gasteiger partial charge in [0, 0.05) is 0 Å². The molecule has 0 aliphatic rings. The molecule has 0 aliphatic carbocycles. The molecule has 15 heavy (non-hydrogen) atoms. The number of carbonyl (C=O) groups is 1. The summed E-state index contributed by atoms with van der Waals surface area (Å²) in [7, 11) is 0. The van der Waals surface area contributed by atoms with Crippen LogP contribution >= 0.6 is 0 Å². The van der Waals surface area contributed by atoms with Gasteiger partial charge in [0.1, 0.15) is 12.1 Å². The van der Waals surface area contributed by atoms with E-state index in [1.807, 2.05) is 37.3 Å². The van der Waals surface area contributed by atoms with Gasteiger partial charge >= 0.3 is 5.97 Å². The highest BCUT2D eigenvalue weighted by molar-refractivity contribution is 5.72. The van der Waals surface area contributed by atoms with Crippen LogP contribution < -0.4 is 5.48 Å². The molecule has 1 rings (SSSR count). The molecule has 4 nitrogen and oxygen atoms in total. The molecule has 0 aliphatic heterocycles. The van der Waals surface area contributed by atoms with Gasteiger partial charge in [0.25, 0.3) is 0 Å². The quantitative estimate of drug-likeness (QED) is 0.725. The highest BCUT2D eigenvalue weighted by Gasteiger charge is 2.12. The average molecular weight is 209 g/mol. The lowest BCUT2D eigenvalue weighted by Crippen LogP contribution is -2.34. The molecule has 0 saturated heterocycles. The van der Waals surface area contributed by atoms with Crippen molar-refractivity contribution in [1.29, 1.82) is 0 Å². The monoisotopic (exact) mass is 209 g/mol. The summed E-state index contributed by atoms with van der Waals surface area (Å²) in [6.07, 6.45) is -0.173. The molecule has 0 heterocycles. The average Bonchev–Trinajstić information content (AvgIpc) is 2.26. The van der Waals surface area contributed by atoms with Crippen molar-refractivity contribution in [1.82, 2.24) is 5.48 Å². The number of carboxylic acid groups (broad SMARTS) is 1. The van der Waals surface area contributed by atoms with Crippen molar-refractivity contribution in [3.05, 3.63) is 35.9 Å². The molecule has 1 aromatic carbocycles. The Morgan fingerprint density at radius 2 is 1.93 bits per heavy atom. The van der Waals surface area contributed by atoms with E-state index >= 15 is 0 Å². The minimum Gasteiger partial charge on any atom is -0.480 e. The smallest absolute Gasteiger partial charge is 0.322 e. The molecule has 0 aromatic heterocycles. The van der Waals surface area contributed by atoms with E-state index in [2.05, 4.69) is 5.48 Å². The predicted octanol–water partition coefficient (Wildman–Crippen LogP) is 1.74. The zero-order valence-electron chi connectivity index (χ0n) is 8.81. The summed E-state index contributed by atoms with van der Waals surface area (Å²) in [6, 6.07) is 8.89. The molecule has 0 amide bonds. The predicted molar refractivity (Wildman–Crippen MR) is 56.2 cm³/mol. The van der Waals surface area contributed by atoms with E-state index in [0.717, 1.165) is 5.56 Å². The Morgan fingerprint density at radius 3 is 2.47 bits per heavy atom. The first-order valence-electron chi connectivity index (χ1n) is 4.80. The Morgan fingerprint density at radius 1 is 1.33 bits per heavy atom. The van der Waals surface area contributed by atoms with Gasteiger partial charge in [0.05, 0.1) is 0 Å². The van der Waals surface area contributed by atoms with Crippen molar-refractivity contribution in [2.75, 3.05) is 0 Å². The van der Waals surface area contributed by atoms with Crippen molar-refractivity contribution < 1.29 is 14.7 Å². The van der Waals surface area contributed by atoms with E-state index in [1.165, 1.54) is 6.92 Å². The molecule has 0 fully saturated rings. The lowest BCUT2D eigenvalue weighted by atomic mass is 10.1. The number of benzene rings is 1. The minimum atomic E-state index is -0.935. The van der Waals surface area contributed by atoms with Crippen molar-refractivity contribution in [2.45, 2.75) is 26.0 Å². The Hall–Kier alpha value is -1.39. The molecule has 2 atom stereocenters. The number of hydrogen-bond donors (Lipinski definition) is 2. The summed E-state index contributed by atoms with van der Waals surface area (Å²) >= 11 is 0. The summed E-state index contributed by atoms with van der Waals surface area (Å²) in [5, 5.41) is 8.62. The van der Waals surface area contributed by atoms with Gasteiger partial charge in [-0.3, -0.25) is 9.63 Å². The Balaban J connectivity index is 2.43. The minimum absolute atomic E-state index is 0.173. The second-order valence-corrected chi connectivity index (χ2v) is 3.35. The van der Waals surface area contributed by atoms with Gasteiger partial charge in [-0.25, -0.2) is 0 Å². The second-order valence-electron chi connectivity index (χ2n) is 3.35. The number of carboxylic acids is 1. The Kier molecular flexibility index (Phi) is 4.27. The Bertz CT molecular complexity index is 313. The van der Waals surface area contributed by atoms with Crippen LogP contribution in [0.5, 0.6) is 0 Å². The second kappa shape index (κ2) is 5.48. The Labute approximate surface area is 88.8 Å². The maximum Gasteiger partial charge on any atom is 0.322 e. The summed E-state index contributed by atoms with van der Waals surface area (Å²) in [6.45, 7) is 3.39. The van der Waals surface area contributed by atoms with Crippen LogP contribution in [-0.4, -0.2) is 17.1 Å². The fraction of sp³-hybridized carbons (Fsp3) is 0.364. The van der Waals surface area contributed by atoms with E-state index in [-0.39, 0.29) is 6.10 Å². The van der Waals surface area contributed by atoms with Crippen LogP contribution in [0.15, 0.2) is 30.3 Å². The van der Waals surface area contributed by atoms with Gasteiger partial charge in [-0.2, -0.15) is 5.48 Å². The molecule has 4 heteroatoms. The van der Waals surface area contributed by atoms with Crippen LogP contribution in [0.25, 0.3) is 0 Å². The van der Waals surface area contributed by atoms with Gasteiger partial charge in [0.15, 0.2) is 0 Å². The normalized spacial score (nSPS) is 14.5. The number of nitrogens with one attached hydrogen (secondary N) is 1. The molecule has 1 unspecified atom stereocenters. The lowest BCUT2D eigenvalue weighted by Gasteiger charge is -2.15. The van der Waals surface area contributed by atoms with Crippen LogP contribution in [-0.2, 0) is 9.63 Å². The number of rotatable bonds is 5. The van der Waals surface area contributed by atoms with Crippen molar-refractivity contribution in [3.63, 3.8) is 0 Å². The topological polar surface area (TPSA) is 58.6 Å². The zero-order chi connectivity index (χ0) is 11.3. The van der Waals surface area contributed by atoms with Crippen molar-refractivity contribution in [2.24, 2.45) is 0 Å². The number of hydrogen-bond acceptors (Lipinski definition) is 3. The number of hydroxylamine groups is 1. The molecule has 0 saturated carbocycles. The summed E-state index contributed by atoms with van der Waals surface area (Å²) in [5.41, 5.74) is 3.48.